The molecule has 0 unspecified atom stereocenters. The minimum Gasteiger partial charge on any atom is -0.339 e. The summed E-state index contributed by atoms with van der Waals surface area (Å²) in [5.41, 5.74) is 4.89. The van der Waals surface area contributed by atoms with Gasteiger partial charge in [-0.05, 0) is 31.0 Å². The molecular weight excluding hydrogens is 302 g/mol. The monoisotopic (exact) mass is 319 g/mol. The molecule has 7 nitrogen and oxygen atoms in total. The van der Waals surface area contributed by atoms with Gasteiger partial charge in [-0.3, -0.25) is 9.78 Å². The number of rotatable bonds is 3. The summed E-state index contributed by atoms with van der Waals surface area (Å²) in [7, 11) is 2.00. The van der Waals surface area contributed by atoms with Gasteiger partial charge in [0.25, 0.3) is 0 Å². The van der Waals surface area contributed by atoms with E-state index < -0.39 is 0 Å². The van der Waals surface area contributed by atoms with Gasteiger partial charge in [0, 0.05) is 35.9 Å². The Bertz CT molecular complexity index is 1070. The fourth-order valence-electron chi connectivity index (χ4n) is 3.19. The lowest BCUT2D eigenvalue weighted by Crippen LogP contribution is -2.02. The Labute approximate surface area is 138 Å². The highest BCUT2D eigenvalue weighted by molar-refractivity contribution is 5.89. The van der Waals surface area contributed by atoms with Gasteiger partial charge in [-0.25, -0.2) is 9.97 Å². The molecule has 0 aliphatic heterocycles. The van der Waals surface area contributed by atoms with Crippen LogP contribution in [0.15, 0.2) is 30.6 Å². The maximum atomic E-state index is 4.76. The van der Waals surface area contributed by atoms with Crippen molar-refractivity contribution in [3.8, 4) is 0 Å². The number of aromatic nitrogens is 6. The van der Waals surface area contributed by atoms with Crippen LogP contribution in [0, 0.1) is 0 Å². The first kappa shape index (κ1) is 13.5. The number of nitrogens with one attached hydrogen (secondary N) is 2. The molecule has 2 N–H and O–H groups in total. The van der Waals surface area contributed by atoms with Gasteiger partial charge in [-0.15, -0.1) is 0 Å². The van der Waals surface area contributed by atoms with Crippen molar-refractivity contribution in [3.63, 3.8) is 0 Å². The number of benzene rings is 1. The van der Waals surface area contributed by atoms with Gasteiger partial charge in [0.2, 0.25) is 5.65 Å². The second kappa shape index (κ2) is 4.53. The fraction of sp³-hybridized carbons (Fsp3) is 0.294. The van der Waals surface area contributed by atoms with Gasteiger partial charge in [0.1, 0.15) is 0 Å². The Morgan fingerprint density at radius 2 is 2.04 bits per heavy atom. The molecule has 5 rings (SSSR count). The van der Waals surface area contributed by atoms with Crippen LogP contribution in [0.3, 0.4) is 0 Å². The summed E-state index contributed by atoms with van der Waals surface area (Å²) in [4.78, 5) is 8.51. The molecule has 0 bridgehead atoms. The number of fused-ring (bicyclic) bond motifs is 2. The van der Waals surface area contributed by atoms with Crippen molar-refractivity contribution in [2.45, 2.75) is 25.2 Å². The van der Waals surface area contributed by atoms with E-state index in [1.807, 2.05) is 11.7 Å². The lowest BCUT2D eigenvalue weighted by atomic mass is 10.0. The number of anilines is 2. The quantitative estimate of drug-likeness (QED) is 0.606. The molecule has 0 spiro atoms. The molecule has 0 amide bonds. The van der Waals surface area contributed by atoms with Crippen molar-refractivity contribution in [2.24, 2.45) is 7.05 Å². The second-order valence-corrected chi connectivity index (χ2v) is 6.72. The highest BCUT2D eigenvalue weighted by Gasteiger charge is 2.42. The van der Waals surface area contributed by atoms with Gasteiger partial charge in [0.05, 0.1) is 11.2 Å². The molecule has 0 saturated heterocycles. The number of aryl methyl sites for hydroxylation is 1. The number of nitrogens with zero attached hydrogens (tertiary/aromatic N) is 5. The molecular formula is C17H17N7. The molecule has 1 fully saturated rings. The molecule has 1 aliphatic rings. The van der Waals surface area contributed by atoms with Crippen LogP contribution in [-0.4, -0.2) is 29.9 Å². The third-order valence-electron chi connectivity index (χ3n) is 4.88. The molecule has 24 heavy (non-hydrogen) atoms. The van der Waals surface area contributed by atoms with Crippen LogP contribution in [0.25, 0.3) is 22.1 Å². The highest BCUT2D eigenvalue weighted by atomic mass is 15.3. The van der Waals surface area contributed by atoms with Crippen LogP contribution in [0.4, 0.5) is 11.5 Å². The van der Waals surface area contributed by atoms with Crippen LogP contribution >= 0.6 is 0 Å². The van der Waals surface area contributed by atoms with Crippen LogP contribution in [0.1, 0.15) is 25.5 Å². The molecule has 0 radical (unpaired) electrons. The summed E-state index contributed by atoms with van der Waals surface area (Å²) < 4.78 is 1.96. The number of H-pyrrole nitrogens is 1. The molecule has 7 heteroatoms. The molecule has 1 saturated carbocycles. The molecule has 1 aliphatic carbocycles. The van der Waals surface area contributed by atoms with E-state index >= 15 is 0 Å². The predicted octanol–water partition coefficient (Wildman–Crippen LogP) is 3.03. The smallest absolute Gasteiger partial charge is 0.201 e. The van der Waals surface area contributed by atoms with Gasteiger partial charge in [-0.2, -0.15) is 10.2 Å². The molecule has 120 valence electrons. The van der Waals surface area contributed by atoms with E-state index in [-0.39, 0.29) is 5.41 Å². The first-order valence-electron chi connectivity index (χ1n) is 8.03. The zero-order valence-corrected chi connectivity index (χ0v) is 13.5. The minimum absolute atomic E-state index is 0.254. The van der Waals surface area contributed by atoms with Crippen molar-refractivity contribution < 1.29 is 0 Å². The molecule has 1 aromatic carbocycles. The van der Waals surface area contributed by atoms with E-state index in [0.717, 1.165) is 22.5 Å². The summed E-state index contributed by atoms with van der Waals surface area (Å²) in [6, 6.07) is 6.33. The highest BCUT2D eigenvalue weighted by Crippen LogP contribution is 2.49. The van der Waals surface area contributed by atoms with Crippen LogP contribution in [0.5, 0.6) is 0 Å². The van der Waals surface area contributed by atoms with Crippen molar-refractivity contribution in [2.75, 3.05) is 5.32 Å². The van der Waals surface area contributed by atoms with Crippen LogP contribution in [0.2, 0.25) is 0 Å². The molecule has 3 aromatic heterocycles. The van der Waals surface area contributed by atoms with Gasteiger partial charge in [-0.1, -0.05) is 6.92 Å². The van der Waals surface area contributed by atoms with E-state index in [1.165, 1.54) is 23.9 Å². The number of hydrogen-bond donors (Lipinski definition) is 2. The minimum atomic E-state index is 0.254. The van der Waals surface area contributed by atoms with Crippen molar-refractivity contribution in [1.29, 1.82) is 0 Å². The molecule has 4 aromatic rings. The summed E-state index contributed by atoms with van der Waals surface area (Å²) in [5, 5.41) is 16.5. The van der Waals surface area contributed by atoms with E-state index in [0.29, 0.717) is 5.65 Å². The standard InChI is InChI=1S/C17H17N7/c1-17(5-6-17)14-11-4-3-10(9-12(11)24(2)23-14)20-16-13-15(21-22-16)19-8-7-18-13/h3-4,7-9H,5-6H2,1-2H3,(H2,19,20,21,22). The van der Waals surface area contributed by atoms with Crippen molar-refractivity contribution in [3.05, 3.63) is 36.3 Å². The summed E-state index contributed by atoms with van der Waals surface area (Å²) in [6.07, 6.45) is 5.74. The Kier molecular flexibility index (Phi) is 2.54. The van der Waals surface area contributed by atoms with Gasteiger partial charge >= 0.3 is 0 Å². The molecule has 0 atom stereocenters. The van der Waals surface area contributed by atoms with Gasteiger partial charge in [0.15, 0.2) is 11.3 Å². The van der Waals surface area contributed by atoms with Crippen molar-refractivity contribution >= 4 is 33.6 Å². The van der Waals surface area contributed by atoms with Gasteiger partial charge < -0.3 is 5.32 Å². The fourth-order valence-corrected chi connectivity index (χ4v) is 3.19. The largest absolute Gasteiger partial charge is 0.339 e. The second-order valence-electron chi connectivity index (χ2n) is 6.72. The topological polar surface area (TPSA) is 84.3 Å². The predicted molar refractivity (Wildman–Crippen MR) is 92.3 cm³/mol. The zero-order chi connectivity index (χ0) is 16.3. The number of hydrogen-bond acceptors (Lipinski definition) is 5. The third kappa shape index (κ3) is 1.90. The maximum Gasteiger partial charge on any atom is 0.201 e. The number of aromatic amines is 1. The first-order chi connectivity index (χ1) is 11.6. The van der Waals surface area contributed by atoms with E-state index in [1.54, 1.807) is 12.4 Å². The Balaban J connectivity index is 1.57. The average Bonchev–Trinajstić information content (AvgIpc) is 3.08. The van der Waals surface area contributed by atoms with Crippen LogP contribution < -0.4 is 5.32 Å². The van der Waals surface area contributed by atoms with E-state index in [4.69, 9.17) is 5.10 Å². The van der Waals surface area contributed by atoms with Crippen LogP contribution in [-0.2, 0) is 12.5 Å². The normalized spacial score (nSPS) is 15.9. The average molecular weight is 319 g/mol. The zero-order valence-electron chi connectivity index (χ0n) is 13.5. The lowest BCUT2D eigenvalue weighted by Gasteiger charge is -2.06. The summed E-state index contributed by atoms with van der Waals surface area (Å²) in [6.45, 7) is 2.29. The lowest BCUT2D eigenvalue weighted by molar-refractivity contribution is 0.693. The summed E-state index contributed by atoms with van der Waals surface area (Å²) in [5.74, 6) is 0.744. The van der Waals surface area contributed by atoms with E-state index in [9.17, 15) is 0 Å². The maximum absolute atomic E-state index is 4.76. The van der Waals surface area contributed by atoms with Crippen molar-refractivity contribution in [1.82, 2.24) is 29.9 Å². The Hall–Kier alpha value is -2.96. The summed E-state index contributed by atoms with van der Waals surface area (Å²) >= 11 is 0. The Morgan fingerprint density at radius 1 is 1.21 bits per heavy atom. The molecule has 3 heterocycles. The third-order valence-corrected chi connectivity index (χ3v) is 4.88. The Morgan fingerprint density at radius 3 is 2.88 bits per heavy atom. The van der Waals surface area contributed by atoms with E-state index in [2.05, 4.69) is 50.6 Å². The SMILES string of the molecule is Cn1nc(C2(C)CC2)c2ccc(Nc3[nH]nc4nccnc34)cc21. The first-order valence-corrected chi connectivity index (χ1v) is 8.03.